The van der Waals surface area contributed by atoms with Gasteiger partial charge in [-0.3, -0.25) is 4.79 Å². The van der Waals surface area contributed by atoms with Crippen LogP contribution in [0, 0.1) is 11.3 Å². The highest BCUT2D eigenvalue weighted by atomic mass is 29.9. The highest BCUT2D eigenvalue weighted by Crippen LogP contribution is 2.45. The maximum Gasteiger partial charge on any atom is 0.158 e. The van der Waals surface area contributed by atoms with Crippen LogP contribution in [0.5, 0.6) is 0 Å². The van der Waals surface area contributed by atoms with Gasteiger partial charge in [0.2, 0.25) is 0 Å². The molecule has 1 aliphatic rings. The fourth-order valence-corrected chi connectivity index (χ4v) is 199. The summed E-state index contributed by atoms with van der Waals surface area (Å²) in [5, 5.41) is 0. The predicted molar refractivity (Wildman–Crippen MR) is 212 cm³/mol. The van der Waals surface area contributed by atoms with Gasteiger partial charge in [-0.25, -0.2) is 0 Å². The summed E-state index contributed by atoms with van der Waals surface area (Å²) >= 11 is 0. The van der Waals surface area contributed by atoms with E-state index < -0.39 is 59.3 Å². The molecule has 0 N–H and O–H groups in total. The van der Waals surface area contributed by atoms with Gasteiger partial charge in [-0.2, -0.15) is 0 Å². The molecule has 1 fully saturated rings. The van der Waals surface area contributed by atoms with Crippen LogP contribution in [0.1, 0.15) is 52.9 Å². The summed E-state index contributed by atoms with van der Waals surface area (Å²) in [7, 11) is -9.90. The number of hydrogen-bond donors (Lipinski definition) is 0. The first kappa shape index (κ1) is 41.3. The molecule has 0 aromatic rings. The van der Waals surface area contributed by atoms with E-state index in [4.69, 9.17) is 8.85 Å². The van der Waals surface area contributed by atoms with Crippen molar-refractivity contribution in [2.24, 2.45) is 11.3 Å². The Hall–Kier alpha value is 1.33. The standard InChI is InChI=1S/C31H76O3Si8/c1-31(2,3)30(34-42(38(13,14)15,39(16,17)18)40(19,20)21)26-29(27-24-22-23-25-28(27)32)33-41(35(4,5)6,36(7,8)9)37(10,11)12/h27,29-30H,22-26H2,1-21H3/t27-,29+,30-/m0/s1. The monoisotopic (exact) mass is 720 g/mol. The van der Waals surface area contributed by atoms with Gasteiger partial charge in [0.1, 0.15) is 5.78 Å². The molecule has 11 heteroatoms. The zero-order chi connectivity index (χ0) is 33.8. The highest BCUT2D eigenvalue weighted by molar-refractivity contribution is 7.88. The summed E-state index contributed by atoms with van der Waals surface area (Å²) < 4.78 is 16.2. The lowest BCUT2D eigenvalue weighted by atomic mass is 9.78. The summed E-state index contributed by atoms with van der Waals surface area (Å²) in [6.07, 6.45) is 5.01. The molecule has 250 valence electrons. The molecule has 3 atom stereocenters. The molecule has 0 heterocycles. The van der Waals surface area contributed by atoms with E-state index in [1.54, 1.807) is 0 Å². The van der Waals surface area contributed by atoms with Gasteiger partial charge < -0.3 is 8.85 Å². The molecule has 1 saturated carbocycles. The SMILES string of the molecule is CC(C)(C)[C@H](C[C@@H](O[Si]([Si](C)(C)C)([Si](C)(C)C)[Si](C)(C)C)[C@H]1CCCCC1=O)O[Si]([Si](C)(C)C)([Si](C)(C)C)[Si](C)(C)C. The van der Waals surface area contributed by atoms with E-state index in [0.29, 0.717) is 5.78 Å². The Labute approximate surface area is 271 Å². The van der Waals surface area contributed by atoms with Crippen molar-refractivity contribution in [2.75, 3.05) is 0 Å². The second-order valence-corrected chi connectivity index (χ2v) is 99.9. The largest absolute Gasteiger partial charge is 0.422 e. The molecule has 0 amide bonds. The molecule has 3 nitrogen and oxygen atoms in total. The van der Waals surface area contributed by atoms with Crippen molar-refractivity contribution < 1.29 is 13.6 Å². The first-order valence-electron chi connectivity index (χ1n) is 17.1. The molecule has 0 bridgehead atoms. The third kappa shape index (κ3) is 8.24. The first-order chi connectivity index (χ1) is 18.2. The molecule has 0 radical (unpaired) electrons. The van der Waals surface area contributed by atoms with Gasteiger partial charge >= 0.3 is 0 Å². The lowest BCUT2D eigenvalue weighted by Crippen LogP contribution is -2.86. The van der Waals surface area contributed by atoms with Crippen LogP contribution in [0.2, 0.25) is 118 Å². The van der Waals surface area contributed by atoms with E-state index in [1.165, 1.54) is 0 Å². The summed E-state index contributed by atoms with van der Waals surface area (Å²) in [6.45, 7) is 50.3. The number of Topliss-reactive ketones (excluding diaryl/α,β-unsaturated/α-hetero) is 1. The molecule has 1 aliphatic carbocycles. The van der Waals surface area contributed by atoms with Gasteiger partial charge in [-0.15, -0.1) is 0 Å². The maximum absolute atomic E-state index is 13.8. The number of carbonyl (C=O) groups is 1. The number of hydrogen-bond acceptors (Lipinski definition) is 3. The van der Waals surface area contributed by atoms with E-state index in [-0.39, 0.29) is 23.5 Å². The fourth-order valence-electron chi connectivity index (χ4n) is 10.7. The zero-order valence-corrected chi connectivity index (χ0v) is 40.5. The Kier molecular flexibility index (Phi) is 12.9. The van der Waals surface area contributed by atoms with Crippen molar-refractivity contribution >= 4 is 65.1 Å². The topological polar surface area (TPSA) is 35.5 Å². The molecule has 0 spiro atoms. The number of carbonyl (C=O) groups excluding carboxylic acids is 1. The first-order valence-corrected chi connectivity index (χ1v) is 47.9. The smallest absolute Gasteiger partial charge is 0.158 e. The quantitative estimate of drug-likeness (QED) is 0.178. The zero-order valence-electron chi connectivity index (χ0n) is 32.5. The second-order valence-electron chi connectivity index (χ2n) is 21.0. The van der Waals surface area contributed by atoms with Gasteiger partial charge in [0.15, 0.2) is 13.7 Å². The lowest BCUT2D eigenvalue weighted by Gasteiger charge is -2.60. The van der Waals surface area contributed by atoms with Crippen molar-refractivity contribution in [2.45, 2.75) is 183 Å². The van der Waals surface area contributed by atoms with Crippen LogP contribution < -0.4 is 0 Å². The van der Waals surface area contributed by atoms with Gasteiger partial charge in [0.05, 0.1) is 57.8 Å². The highest BCUT2D eigenvalue weighted by Gasteiger charge is 2.67. The normalized spacial score (nSPS) is 21.0. The third-order valence-corrected chi connectivity index (χ3v) is 146. The minimum Gasteiger partial charge on any atom is -0.422 e. The van der Waals surface area contributed by atoms with Crippen LogP contribution in [0.3, 0.4) is 0 Å². The molecule has 0 unspecified atom stereocenters. The molecule has 0 aromatic heterocycles. The molecular weight excluding hydrogens is 645 g/mol. The summed E-state index contributed by atoms with van der Waals surface area (Å²) in [5.41, 5.74) is -0.00176. The van der Waals surface area contributed by atoms with E-state index in [0.717, 1.165) is 32.1 Å². The number of ketones is 1. The summed E-state index contributed by atoms with van der Waals surface area (Å²) in [4.78, 5) is 13.8. The lowest BCUT2D eigenvalue weighted by molar-refractivity contribution is -0.128. The van der Waals surface area contributed by atoms with Crippen molar-refractivity contribution in [3.05, 3.63) is 0 Å². The van der Waals surface area contributed by atoms with Crippen LogP contribution in [0.15, 0.2) is 0 Å². The predicted octanol–water partition coefficient (Wildman–Crippen LogP) is 10.3. The summed E-state index contributed by atoms with van der Waals surface area (Å²) in [6, 6.07) is 0. The van der Waals surface area contributed by atoms with Crippen molar-refractivity contribution in [3.63, 3.8) is 0 Å². The van der Waals surface area contributed by atoms with Crippen molar-refractivity contribution in [3.8, 4) is 0 Å². The van der Waals surface area contributed by atoms with Crippen LogP contribution in [-0.4, -0.2) is 77.3 Å². The van der Waals surface area contributed by atoms with Crippen LogP contribution in [0.25, 0.3) is 0 Å². The Morgan fingerprint density at radius 3 is 1.21 bits per heavy atom. The van der Waals surface area contributed by atoms with Crippen LogP contribution in [0.4, 0.5) is 0 Å². The minimum atomic E-state index is -2.13. The van der Waals surface area contributed by atoms with E-state index in [1.807, 2.05) is 0 Å². The Morgan fingerprint density at radius 2 is 0.929 bits per heavy atom. The molecular formula is C31H76O3Si8. The van der Waals surface area contributed by atoms with Crippen LogP contribution in [-0.2, 0) is 13.6 Å². The van der Waals surface area contributed by atoms with E-state index in [9.17, 15) is 4.79 Å². The van der Waals surface area contributed by atoms with Gasteiger partial charge in [-0.1, -0.05) is 145 Å². The van der Waals surface area contributed by atoms with E-state index >= 15 is 0 Å². The van der Waals surface area contributed by atoms with Crippen molar-refractivity contribution in [1.29, 1.82) is 0 Å². The molecule has 1 rings (SSSR count). The molecule has 0 aromatic carbocycles. The molecule has 42 heavy (non-hydrogen) atoms. The van der Waals surface area contributed by atoms with Crippen molar-refractivity contribution in [1.82, 2.24) is 0 Å². The Balaban J connectivity index is 4.03. The van der Waals surface area contributed by atoms with Crippen LogP contribution >= 0.6 is 0 Å². The third-order valence-electron chi connectivity index (χ3n) is 10.4. The fraction of sp³-hybridized carbons (Fsp3) is 0.968. The van der Waals surface area contributed by atoms with E-state index in [2.05, 4.69) is 139 Å². The Bertz CT molecular complexity index is 847. The maximum atomic E-state index is 13.8. The molecule has 0 saturated heterocycles. The average molecular weight is 722 g/mol. The van der Waals surface area contributed by atoms with Gasteiger partial charge in [0, 0.05) is 12.3 Å². The average Bonchev–Trinajstić information content (AvgIpc) is 2.67. The number of rotatable bonds is 13. The minimum absolute atomic E-state index is 0.00176. The van der Waals surface area contributed by atoms with Gasteiger partial charge in [0.25, 0.3) is 0 Å². The Morgan fingerprint density at radius 1 is 0.595 bits per heavy atom. The second kappa shape index (κ2) is 13.1. The molecule has 0 aliphatic heterocycles. The summed E-state index contributed by atoms with van der Waals surface area (Å²) in [5.74, 6) is 0.525. The van der Waals surface area contributed by atoms with Gasteiger partial charge in [-0.05, 0) is 24.7 Å².